The number of hydrogen-bond acceptors (Lipinski definition) is 2. The summed E-state index contributed by atoms with van der Waals surface area (Å²) in [4.78, 5) is 12.0. The second kappa shape index (κ2) is 6.78. The largest absolute Gasteiger partial charge is 0.484 e. The molecule has 3 heteroatoms. The zero-order valence-corrected chi connectivity index (χ0v) is 12.7. The molecule has 3 atom stereocenters. The Morgan fingerprint density at radius 1 is 1.25 bits per heavy atom. The van der Waals surface area contributed by atoms with E-state index in [0.29, 0.717) is 17.9 Å². The van der Waals surface area contributed by atoms with Crippen LogP contribution in [0, 0.1) is 18.8 Å². The predicted molar refractivity (Wildman–Crippen MR) is 80.8 cm³/mol. The first-order valence-electron chi connectivity index (χ1n) is 7.55. The third-order valence-electron chi connectivity index (χ3n) is 4.44. The average Bonchev–Trinajstić information content (AvgIpc) is 2.43. The van der Waals surface area contributed by atoms with Gasteiger partial charge in [-0.3, -0.25) is 4.79 Å². The molecule has 1 aliphatic rings. The van der Waals surface area contributed by atoms with Gasteiger partial charge in [0.25, 0.3) is 5.91 Å². The van der Waals surface area contributed by atoms with Crippen LogP contribution < -0.4 is 10.1 Å². The molecule has 1 fully saturated rings. The molecule has 0 aromatic heterocycles. The molecule has 2 rings (SSSR count). The van der Waals surface area contributed by atoms with Crippen LogP contribution in [0.15, 0.2) is 24.3 Å². The number of benzene rings is 1. The van der Waals surface area contributed by atoms with Crippen LogP contribution in [-0.2, 0) is 4.79 Å². The van der Waals surface area contributed by atoms with Crippen molar-refractivity contribution in [2.24, 2.45) is 11.8 Å². The molecule has 1 aliphatic carbocycles. The second-order valence-electron chi connectivity index (χ2n) is 6.04. The molecule has 1 N–H and O–H groups in total. The van der Waals surface area contributed by atoms with Crippen molar-refractivity contribution in [3.63, 3.8) is 0 Å². The molecule has 0 spiro atoms. The minimum absolute atomic E-state index is 0.0171. The van der Waals surface area contributed by atoms with E-state index >= 15 is 0 Å². The number of rotatable bonds is 4. The molecule has 1 amide bonds. The Balaban J connectivity index is 1.79. The van der Waals surface area contributed by atoms with Crippen molar-refractivity contribution in [1.82, 2.24) is 5.32 Å². The van der Waals surface area contributed by atoms with E-state index in [1.807, 2.05) is 31.2 Å². The summed E-state index contributed by atoms with van der Waals surface area (Å²) in [6.45, 7) is 6.63. The van der Waals surface area contributed by atoms with Gasteiger partial charge >= 0.3 is 0 Å². The van der Waals surface area contributed by atoms with Gasteiger partial charge in [0.15, 0.2) is 6.61 Å². The van der Waals surface area contributed by atoms with Crippen molar-refractivity contribution >= 4 is 5.91 Å². The Bertz CT molecular complexity index is 441. The number of amides is 1. The standard InChI is InChI=1S/C17H25NO2/c1-12-7-9-15(10-8-12)20-11-17(19)18-16-6-4-5-13(2)14(16)3/h7-10,13-14,16H,4-6,11H2,1-3H3,(H,18,19). The summed E-state index contributed by atoms with van der Waals surface area (Å²) in [7, 11) is 0. The zero-order valence-electron chi connectivity index (χ0n) is 12.7. The van der Waals surface area contributed by atoms with Crippen LogP contribution in [0.1, 0.15) is 38.7 Å². The fourth-order valence-corrected chi connectivity index (χ4v) is 2.82. The predicted octanol–water partition coefficient (Wildman–Crippen LogP) is 3.31. The van der Waals surface area contributed by atoms with E-state index in [9.17, 15) is 4.79 Å². The molecule has 0 radical (unpaired) electrons. The van der Waals surface area contributed by atoms with Crippen LogP contribution in [-0.4, -0.2) is 18.6 Å². The summed E-state index contributed by atoms with van der Waals surface area (Å²) in [5.74, 6) is 1.96. The van der Waals surface area contributed by atoms with E-state index in [4.69, 9.17) is 4.74 Å². The van der Waals surface area contributed by atoms with Crippen LogP contribution >= 0.6 is 0 Å². The minimum atomic E-state index is -0.0171. The molecule has 110 valence electrons. The first-order valence-corrected chi connectivity index (χ1v) is 7.55. The summed E-state index contributed by atoms with van der Waals surface area (Å²) in [5, 5.41) is 3.12. The Labute approximate surface area is 121 Å². The van der Waals surface area contributed by atoms with E-state index in [1.165, 1.54) is 18.4 Å². The molecule has 3 unspecified atom stereocenters. The summed E-state index contributed by atoms with van der Waals surface area (Å²) >= 11 is 0. The van der Waals surface area contributed by atoms with Crippen molar-refractivity contribution in [1.29, 1.82) is 0 Å². The maximum absolute atomic E-state index is 12.0. The van der Waals surface area contributed by atoms with Gasteiger partial charge in [-0.1, -0.05) is 44.4 Å². The highest BCUT2D eigenvalue weighted by molar-refractivity contribution is 5.77. The molecule has 0 bridgehead atoms. The first kappa shape index (κ1) is 14.9. The maximum atomic E-state index is 12.0. The average molecular weight is 275 g/mol. The van der Waals surface area contributed by atoms with Crippen LogP contribution in [0.25, 0.3) is 0 Å². The number of ether oxygens (including phenoxy) is 1. The monoisotopic (exact) mass is 275 g/mol. The third-order valence-corrected chi connectivity index (χ3v) is 4.44. The van der Waals surface area contributed by atoms with E-state index in [-0.39, 0.29) is 12.5 Å². The highest BCUT2D eigenvalue weighted by Crippen LogP contribution is 2.29. The summed E-state index contributed by atoms with van der Waals surface area (Å²) in [6, 6.07) is 8.06. The van der Waals surface area contributed by atoms with Gasteiger partial charge in [0.1, 0.15) is 5.75 Å². The van der Waals surface area contributed by atoms with Crippen molar-refractivity contribution in [2.75, 3.05) is 6.61 Å². The number of carbonyl (C=O) groups is 1. The smallest absolute Gasteiger partial charge is 0.258 e. The van der Waals surface area contributed by atoms with Gasteiger partial charge in [-0.05, 0) is 37.3 Å². The lowest BCUT2D eigenvalue weighted by atomic mass is 9.78. The van der Waals surface area contributed by atoms with Crippen LogP contribution in [0.2, 0.25) is 0 Å². The van der Waals surface area contributed by atoms with E-state index in [2.05, 4.69) is 19.2 Å². The normalized spacial score (nSPS) is 26.1. The fraction of sp³-hybridized carbons (Fsp3) is 0.588. The lowest BCUT2D eigenvalue weighted by Gasteiger charge is -2.34. The highest BCUT2D eigenvalue weighted by Gasteiger charge is 2.28. The zero-order chi connectivity index (χ0) is 14.5. The van der Waals surface area contributed by atoms with Gasteiger partial charge in [-0.15, -0.1) is 0 Å². The maximum Gasteiger partial charge on any atom is 0.258 e. The van der Waals surface area contributed by atoms with Gasteiger partial charge in [-0.25, -0.2) is 0 Å². The van der Waals surface area contributed by atoms with Crippen molar-refractivity contribution < 1.29 is 9.53 Å². The molecule has 3 nitrogen and oxygen atoms in total. The summed E-state index contributed by atoms with van der Waals surface area (Å²) < 4.78 is 5.51. The number of nitrogens with one attached hydrogen (secondary N) is 1. The Kier molecular flexibility index (Phi) is 5.05. The highest BCUT2D eigenvalue weighted by atomic mass is 16.5. The van der Waals surface area contributed by atoms with Crippen LogP contribution in [0.4, 0.5) is 0 Å². The van der Waals surface area contributed by atoms with Gasteiger partial charge < -0.3 is 10.1 Å². The number of carbonyl (C=O) groups excluding carboxylic acids is 1. The minimum Gasteiger partial charge on any atom is -0.484 e. The second-order valence-corrected chi connectivity index (χ2v) is 6.04. The van der Waals surface area contributed by atoms with Crippen molar-refractivity contribution in [2.45, 2.75) is 46.1 Å². The summed E-state index contributed by atoms with van der Waals surface area (Å²) in [5.41, 5.74) is 1.19. The van der Waals surface area contributed by atoms with Crippen molar-refractivity contribution in [3.8, 4) is 5.75 Å². The Morgan fingerprint density at radius 2 is 1.95 bits per heavy atom. The molecule has 1 aromatic rings. The molecule has 0 saturated heterocycles. The molecular formula is C17H25NO2. The van der Waals surface area contributed by atoms with Crippen LogP contribution in [0.3, 0.4) is 0 Å². The fourth-order valence-electron chi connectivity index (χ4n) is 2.82. The van der Waals surface area contributed by atoms with E-state index in [0.717, 1.165) is 12.2 Å². The first-order chi connectivity index (χ1) is 9.56. The van der Waals surface area contributed by atoms with Gasteiger partial charge in [0, 0.05) is 6.04 Å². The van der Waals surface area contributed by atoms with E-state index in [1.54, 1.807) is 0 Å². The quantitative estimate of drug-likeness (QED) is 0.915. The molecule has 0 heterocycles. The third kappa shape index (κ3) is 3.99. The molecule has 1 aromatic carbocycles. The molecule has 1 saturated carbocycles. The molecular weight excluding hydrogens is 250 g/mol. The SMILES string of the molecule is Cc1ccc(OCC(=O)NC2CCCC(C)C2C)cc1. The Hall–Kier alpha value is -1.51. The number of hydrogen-bond donors (Lipinski definition) is 1. The van der Waals surface area contributed by atoms with Crippen molar-refractivity contribution in [3.05, 3.63) is 29.8 Å². The lowest BCUT2D eigenvalue weighted by Crippen LogP contribution is -2.45. The lowest BCUT2D eigenvalue weighted by molar-refractivity contribution is -0.124. The molecule has 20 heavy (non-hydrogen) atoms. The van der Waals surface area contributed by atoms with Gasteiger partial charge in [-0.2, -0.15) is 0 Å². The Morgan fingerprint density at radius 3 is 2.65 bits per heavy atom. The van der Waals surface area contributed by atoms with E-state index < -0.39 is 0 Å². The van der Waals surface area contributed by atoms with Gasteiger partial charge in [0.2, 0.25) is 0 Å². The van der Waals surface area contributed by atoms with Gasteiger partial charge in [0.05, 0.1) is 0 Å². The van der Waals surface area contributed by atoms with Crippen LogP contribution in [0.5, 0.6) is 5.75 Å². The summed E-state index contributed by atoms with van der Waals surface area (Å²) in [6.07, 6.45) is 3.56. The molecule has 0 aliphatic heterocycles. The number of aryl methyl sites for hydroxylation is 1. The topological polar surface area (TPSA) is 38.3 Å².